The first-order valence-corrected chi connectivity index (χ1v) is 13.5. The van der Waals surface area contributed by atoms with Crippen LogP contribution in [0.3, 0.4) is 0 Å². The molecule has 2 rings (SSSR count). The predicted molar refractivity (Wildman–Crippen MR) is 142 cm³/mol. The number of aryl methyl sites for hydroxylation is 3. The van der Waals surface area contributed by atoms with E-state index in [1.165, 1.54) is 6.07 Å². The van der Waals surface area contributed by atoms with Crippen molar-refractivity contribution in [1.29, 1.82) is 0 Å². The van der Waals surface area contributed by atoms with Crippen LogP contribution < -0.4 is 4.74 Å². The normalized spacial score (nSPS) is 13.8. The van der Waals surface area contributed by atoms with Gasteiger partial charge in [-0.25, -0.2) is 0 Å². The van der Waals surface area contributed by atoms with Crippen LogP contribution in [0.1, 0.15) is 80.2 Å². The monoisotopic (exact) mass is 592 g/mol. The van der Waals surface area contributed by atoms with Crippen LogP contribution in [0.4, 0.5) is 26.3 Å². The average molecular weight is 593 g/mol. The third-order valence-electron chi connectivity index (χ3n) is 7.88. The molecule has 3 N–H and O–H groups in total. The molecule has 0 heterocycles. The molecule has 1 atom stereocenters. The molecule has 2 aromatic carbocycles. The Morgan fingerprint density at radius 3 is 1.90 bits per heavy atom. The number of aliphatic hydroxyl groups is 2. The van der Waals surface area contributed by atoms with Crippen LogP contribution in [-0.4, -0.2) is 52.0 Å². The Labute approximate surface area is 236 Å². The van der Waals surface area contributed by atoms with Crippen LogP contribution in [0.25, 0.3) is 0 Å². The Kier molecular flexibility index (Phi) is 11.3. The standard InChI is InChI=1S/C30H38F6O5/c1-5-27(6-2,23-12-13-25(20(4)17-23)41-18-24(37)8-7-9-26(38)39)22-11-10-21(19(3)16-22)14-15-28(40,29(31,32)33)30(34,35)36/h10-13,16-17,24,37,40H,5-9,14-15,18H2,1-4H3,(H,38,39)/t24-/m0/s1. The largest absolute Gasteiger partial charge is 0.491 e. The Balaban J connectivity index is 2.27. The Morgan fingerprint density at radius 2 is 1.44 bits per heavy atom. The SMILES string of the molecule is CCC(CC)(c1ccc(CCC(O)(C(F)(F)F)C(F)(F)F)c(C)c1)c1ccc(OC[C@@H](O)CCCC(=O)O)c(C)c1. The van der Waals surface area contributed by atoms with Crippen molar-refractivity contribution in [3.8, 4) is 5.75 Å². The number of carbonyl (C=O) groups is 1. The van der Waals surface area contributed by atoms with E-state index >= 15 is 0 Å². The molecule has 41 heavy (non-hydrogen) atoms. The Morgan fingerprint density at radius 1 is 0.902 bits per heavy atom. The molecule has 0 spiro atoms. The second-order valence-electron chi connectivity index (χ2n) is 10.5. The fourth-order valence-electron chi connectivity index (χ4n) is 5.13. The number of ether oxygens (including phenoxy) is 1. The molecule has 0 fully saturated rings. The number of halogens is 6. The summed E-state index contributed by atoms with van der Waals surface area (Å²) >= 11 is 0. The van der Waals surface area contributed by atoms with Gasteiger partial charge < -0.3 is 20.1 Å². The summed E-state index contributed by atoms with van der Waals surface area (Å²) in [6, 6.07) is 10.6. The number of aliphatic hydroxyl groups excluding tert-OH is 1. The zero-order valence-electron chi connectivity index (χ0n) is 23.6. The van der Waals surface area contributed by atoms with E-state index in [4.69, 9.17) is 9.84 Å². The van der Waals surface area contributed by atoms with Gasteiger partial charge in [0.15, 0.2) is 0 Å². The highest BCUT2D eigenvalue weighted by Crippen LogP contribution is 2.46. The van der Waals surface area contributed by atoms with E-state index in [9.17, 15) is 41.4 Å². The molecule has 0 bridgehead atoms. The zero-order valence-corrected chi connectivity index (χ0v) is 23.6. The molecule has 11 heteroatoms. The van der Waals surface area contributed by atoms with Crippen LogP contribution in [0.5, 0.6) is 5.75 Å². The van der Waals surface area contributed by atoms with Gasteiger partial charge in [0.1, 0.15) is 12.4 Å². The number of benzene rings is 2. The number of carboxylic acids is 1. The van der Waals surface area contributed by atoms with Crippen molar-refractivity contribution in [2.24, 2.45) is 0 Å². The lowest BCUT2D eigenvalue weighted by Gasteiger charge is -2.35. The highest BCUT2D eigenvalue weighted by Gasteiger charge is 2.69. The first-order valence-electron chi connectivity index (χ1n) is 13.5. The predicted octanol–water partition coefficient (Wildman–Crippen LogP) is 7.19. The quantitative estimate of drug-likeness (QED) is 0.202. The van der Waals surface area contributed by atoms with Crippen molar-refractivity contribution >= 4 is 5.97 Å². The van der Waals surface area contributed by atoms with E-state index < -0.39 is 48.3 Å². The molecule has 0 saturated carbocycles. The molecule has 0 amide bonds. The van der Waals surface area contributed by atoms with Crippen molar-refractivity contribution in [2.45, 2.75) is 102 Å². The fourth-order valence-corrected chi connectivity index (χ4v) is 5.13. The van der Waals surface area contributed by atoms with Gasteiger partial charge in [-0.1, -0.05) is 44.2 Å². The molecule has 0 aromatic heterocycles. The van der Waals surface area contributed by atoms with Gasteiger partial charge >= 0.3 is 18.3 Å². The van der Waals surface area contributed by atoms with Gasteiger partial charge in [-0.2, -0.15) is 26.3 Å². The maximum atomic E-state index is 13.1. The van der Waals surface area contributed by atoms with Crippen molar-refractivity contribution in [2.75, 3.05) is 6.61 Å². The maximum absolute atomic E-state index is 13.1. The summed E-state index contributed by atoms with van der Waals surface area (Å²) in [6.07, 6.45) is -12.8. The smallest absolute Gasteiger partial charge is 0.426 e. The third kappa shape index (κ3) is 7.94. The number of hydrogen-bond donors (Lipinski definition) is 3. The summed E-state index contributed by atoms with van der Waals surface area (Å²) in [5, 5.41) is 28.3. The van der Waals surface area contributed by atoms with Gasteiger partial charge in [0.05, 0.1) is 6.10 Å². The van der Waals surface area contributed by atoms with E-state index in [0.717, 1.165) is 16.7 Å². The zero-order chi connectivity index (χ0) is 31.2. The molecule has 0 radical (unpaired) electrons. The topological polar surface area (TPSA) is 87.0 Å². The molecule has 2 aromatic rings. The fraction of sp³-hybridized carbons (Fsp3) is 0.567. The molecular formula is C30H38F6O5. The first kappa shape index (κ1) is 34.4. The Hall–Kier alpha value is -2.79. The van der Waals surface area contributed by atoms with Gasteiger partial charge in [0.25, 0.3) is 5.60 Å². The summed E-state index contributed by atoms with van der Waals surface area (Å²) in [5.41, 5.74) is -1.88. The lowest BCUT2D eigenvalue weighted by Crippen LogP contribution is -2.57. The lowest BCUT2D eigenvalue weighted by atomic mass is 9.69. The maximum Gasteiger partial charge on any atom is 0.426 e. The third-order valence-corrected chi connectivity index (χ3v) is 7.88. The number of rotatable bonds is 14. The van der Waals surface area contributed by atoms with E-state index in [2.05, 4.69) is 0 Å². The van der Waals surface area contributed by atoms with Crippen LogP contribution >= 0.6 is 0 Å². The molecule has 230 valence electrons. The van der Waals surface area contributed by atoms with Crippen molar-refractivity contribution in [1.82, 2.24) is 0 Å². The number of alkyl halides is 6. The van der Waals surface area contributed by atoms with Gasteiger partial charge in [-0.05, 0) is 86.3 Å². The Bertz CT molecular complexity index is 1160. The first-order chi connectivity index (χ1) is 18.9. The van der Waals surface area contributed by atoms with Crippen LogP contribution in [-0.2, 0) is 16.6 Å². The van der Waals surface area contributed by atoms with E-state index in [1.807, 2.05) is 32.9 Å². The summed E-state index contributed by atoms with van der Waals surface area (Å²) in [6.45, 7) is 7.46. The molecule has 5 nitrogen and oxygen atoms in total. The van der Waals surface area contributed by atoms with Crippen molar-refractivity contribution in [3.05, 3.63) is 64.2 Å². The summed E-state index contributed by atoms with van der Waals surface area (Å²) in [4.78, 5) is 10.6. The minimum absolute atomic E-state index is 0.00492. The van der Waals surface area contributed by atoms with Crippen molar-refractivity contribution in [3.63, 3.8) is 0 Å². The minimum Gasteiger partial charge on any atom is -0.491 e. The molecule has 0 aliphatic carbocycles. The van der Waals surface area contributed by atoms with Gasteiger partial charge in [-0.3, -0.25) is 4.79 Å². The summed E-state index contributed by atoms with van der Waals surface area (Å²) in [7, 11) is 0. The lowest BCUT2D eigenvalue weighted by molar-refractivity contribution is -0.369. The summed E-state index contributed by atoms with van der Waals surface area (Å²) < 4.78 is 84.5. The number of aliphatic carboxylic acids is 1. The van der Waals surface area contributed by atoms with Gasteiger partial charge in [0.2, 0.25) is 0 Å². The highest BCUT2D eigenvalue weighted by molar-refractivity contribution is 5.66. The van der Waals surface area contributed by atoms with Crippen LogP contribution in [0, 0.1) is 13.8 Å². The van der Waals surface area contributed by atoms with E-state index in [0.29, 0.717) is 37.0 Å². The molecule has 0 aliphatic rings. The molecule has 0 saturated heterocycles. The molecule has 0 aliphatic heterocycles. The number of hydrogen-bond acceptors (Lipinski definition) is 4. The highest BCUT2D eigenvalue weighted by atomic mass is 19.4. The summed E-state index contributed by atoms with van der Waals surface area (Å²) in [5.74, 6) is -0.375. The van der Waals surface area contributed by atoms with Gasteiger partial charge in [0, 0.05) is 11.8 Å². The van der Waals surface area contributed by atoms with Crippen LogP contribution in [0.15, 0.2) is 36.4 Å². The van der Waals surface area contributed by atoms with E-state index in [-0.39, 0.29) is 18.6 Å². The van der Waals surface area contributed by atoms with Crippen LogP contribution in [0.2, 0.25) is 0 Å². The van der Waals surface area contributed by atoms with E-state index in [1.54, 1.807) is 25.1 Å². The van der Waals surface area contributed by atoms with Gasteiger partial charge in [-0.15, -0.1) is 0 Å². The average Bonchev–Trinajstić information content (AvgIpc) is 2.87. The van der Waals surface area contributed by atoms with Crippen molar-refractivity contribution < 1.29 is 51.2 Å². The number of carboxylic acid groups (broad SMARTS) is 1. The molecular weight excluding hydrogens is 554 g/mol. The second-order valence-corrected chi connectivity index (χ2v) is 10.5. The second kappa shape index (κ2) is 13.5. The minimum atomic E-state index is -5.86. The molecule has 0 unspecified atom stereocenters.